The summed E-state index contributed by atoms with van der Waals surface area (Å²) in [5.41, 5.74) is 1.33. The molecule has 0 fully saturated rings. The lowest BCUT2D eigenvalue weighted by Gasteiger charge is -2.08. The number of nitrogens with zero attached hydrogens (tertiary/aromatic N) is 6. The van der Waals surface area contributed by atoms with Crippen LogP contribution in [0.2, 0.25) is 0 Å². The fourth-order valence-electron chi connectivity index (χ4n) is 3.14. The summed E-state index contributed by atoms with van der Waals surface area (Å²) in [5, 5.41) is 11.2. The number of aromatic nitrogens is 6. The summed E-state index contributed by atoms with van der Waals surface area (Å²) in [6.07, 6.45) is 2.06. The van der Waals surface area contributed by atoms with Crippen LogP contribution in [0.5, 0.6) is 0 Å². The van der Waals surface area contributed by atoms with E-state index in [1.165, 1.54) is 10.7 Å². The number of amides is 1. The molecule has 0 saturated heterocycles. The first-order valence-corrected chi connectivity index (χ1v) is 9.67. The van der Waals surface area contributed by atoms with Crippen LogP contribution in [0.3, 0.4) is 0 Å². The van der Waals surface area contributed by atoms with E-state index in [1.54, 1.807) is 49.4 Å². The summed E-state index contributed by atoms with van der Waals surface area (Å²) in [4.78, 5) is 21.1. The molecule has 0 bridgehead atoms. The van der Waals surface area contributed by atoms with Crippen LogP contribution in [-0.4, -0.2) is 35.4 Å². The quantitative estimate of drug-likeness (QED) is 0.473. The first-order valence-electron chi connectivity index (χ1n) is 8.88. The van der Waals surface area contributed by atoms with E-state index in [2.05, 4.69) is 41.4 Å². The number of carbonyl (C=O) groups is 1. The lowest BCUT2D eigenvalue weighted by molar-refractivity contribution is -0.116. The minimum absolute atomic E-state index is 0.183. The fraction of sp³-hybridized carbons (Fsp3) is 0.211. The largest absolute Gasteiger partial charge is 0.309 e. The highest BCUT2D eigenvalue weighted by Gasteiger charge is 2.22. The van der Waals surface area contributed by atoms with E-state index in [0.717, 1.165) is 4.47 Å². The van der Waals surface area contributed by atoms with Gasteiger partial charge in [0.15, 0.2) is 5.65 Å². The lowest BCUT2D eigenvalue weighted by Crippen LogP contribution is -2.20. The average Bonchev–Trinajstić information content (AvgIpc) is 3.26. The van der Waals surface area contributed by atoms with Gasteiger partial charge in [0.05, 0.1) is 23.0 Å². The summed E-state index contributed by atoms with van der Waals surface area (Å²) in [5.74, 6) is -0.0324. The minimum Gasteiger partial charge on any atom is -0.309 e. The number of alkyl halides is 2. The number of aryl methyl sites for hydroxylation is 2. The van der Waals surface area contributed by atoms with Crippen molar-refractivity contribution < 1.29 is 13.6 Å². The van der Waals surface area contributed by atoms with Crippen LogP contribution in [0.1, 0.15) is 17.7 Å². The number of hydrogen-bond donors (Lipinski definition) is 1. The Morgan fingerprint density at radius 2 is 2.10 bits per heavy atom. The smallest absolute Gasteiger partial charge is 0.264 e. The van der Waals surface area contributed by atoms with Gasteiger partial charge < -0.3 is 5.32 Å². The van der Waals surface area contributed by atoms with E-state index in [9.17, 15) is 13.6 Å². The first-order chi connectivity index (χ1) is 14.3. The summed E-state index contributed by atoms with van der Waals surface area (Å²) in [6.45, 7) is 1.42. The zero-order chi connectivity index (χ0) is 21.4. The highest BCUT2D eigenvalue weighted by atomic mass is 79.9. The van der Waals surface area contributed by atoms with Crippen molar-refractivity contribution in [1.82, 2.24) is 29.5 Å². The molecule has 154 valence electrons. The van der Waals surface area contributed by atoms with Gasteiger partial charge in [-0.2, -0.15) is 10.2 Å². The monoisotopic (exact) mass is 475 g/mol. The molecule has 1 N–H and O–H groups in total. The molecule has 8 nitrogen and oxygen atoms in total. The van der Waals surface area contributed by atoms with Gasteiger partial charge in [-0.15, -0.1) is 0 Å². The maximum atomic E-state index is 13.8. The molecule has 0 spiro atoms. The Morgan fingerprint density at radius 1 is 1.30 bits per heavy atom. The van der Waals surface area contributed by atoms with E-state index < -0.39 is 12.3 Å². The van der Waals surface area contributed by atoms with Gasteiger partial charge in [0.1, 0.15) is 12.4 Å². The van der Waals surface area contributed by atoms with Crippen molar-refractivity contribution in [2.45, 2.75) is 19.9 Å². The molecular formula is C19H16BrF2N7O. The minimum atomic E-state index is -2.72. The van der Waals surface area contributed by atoms with Crippen LogP contribution in [0.25, 0.3) is 22.3 Å². The Hall–Kier alpha value is -3.21. The third kappa shape index (κ3) is 3.92. The second-order valence-corrected chi connectivity index (χ2v) is 7.57. The number of fused-ring (bicyclic) bond motifs is 1. The van der Waals surface area contributed by atoms with Gasteiger partial charge in [-0.1, -0.05) is 0 Å². The van der Waals surface area contributed by atoms with E-state index in [1.807, 2.05) is 0 Å². The van der Waals surface area contributed by atoms with Gasteiger partial charge in [0, 0.05) is 35.0 Å². The number of anilines is 1. The molecule has 0 radical (unpaired) electrons. The third-order valence-corrected chi connectivity index (χ3v) is 4.90. The molecule has 1 amide bonds. The molecular weight excluding hydrogens is 460 g/mol. The second-order valence-electron chi connectivity index (χ2n) is 6.65. The maximum Gasteiger partial charge on any atom is 0.264 e. The number of nitrogens with one attached hydrogen (secondary N) is 1. The molecule has 0 unspecified atom stereocenters. The van der Waals surface area contributed by atoms with Crippen LogP contribution in [0, 0.1) is 6.92 Å². The number of rotatable bonds is 5. The van der Waals surface area contributed by atoms with Crippen molar-refractivity contribution in [3.05, 3.63) is 52.5 Å². The van der Waals surface area contributed by atoms with Gasteiger partial charge in [0.2, 0.25) is 5.91 Å². The topological polar surface area (TPSA) is 90.5 Å². The molecule has 11 heteroatoms. The summed E-state index contributed by atoms with van der Waals surface area (Å²) < 4.78 is 31.2. The van der Waals surface area contributed by atoms with Crippen LogP contribution >= 0.6 is 15.9 Å². The molecule has 4 heterocycles. The number of pyridine rings is 2. The Kier molecular flexibility index (Phi) is 5.29. The standard InChI is InChI=1S/C19H16BrF2N7O/c1-10-17-13(18(21)22)5-14(11-6-24-28(2)8-11)25-19(17)29(27-10)9-16(30)26-15-4-3-12(20)7-23-15/h3-8,18H,9H2,1-2H3,(H,23,26,30). The van der Waals surface area contributed by atoms with Gasteiger partial charge >= 0.3 is 0 Å². The maximum absolute atomic E-state index is 13.8. The normalized spacial score (nSPS) is 11.4. The highest BCUT2D eigenvalue weighted by molar-refractivity contribution is 9.10. The van der Waals surface area contributed by atoms with Gasteiger partial charge in [0.25, 0.3) is 6.43 Å². The number of carbonyl (C=O) groups excluding carboxylic acids is 1. The highest BCUT2D eigenvalue weighted by Crippen LogP contribution is 2.32. The lowest BCUT2D eigenvalue weighted by atomic mass is 10.1. The van der Waals surface area contributed by atoms with Crippen LogP contribution in [0.15, 0.2) is 41.3 Å². The van der Waals surface area contributed by atoms with Crippen molar-refractivity contribution in [2.75, 3.05) is 5.32 Å². The molecule has 0 saturated carbocycles. The Balaban J connectivity index is 1.73. The molecule has 0 aliphatic heterocycles. The Morgan fingerprint density at radius 3 is 2.73 bits per heavy atom. The van der Waals surface area contributed by atoms with E-state index in [-0.39, 0.29) is 23.1 Å². The SMILES string of the molecule is Cc1nn(CC(=O)Nc2ccc(Br)cn2)c2nc(-c3cnn(C)c3)cc(C(F)F)c12. The number of halogens is 3. The van der Waals surface area contributed by atoms with Crippen molar-refractivity contribution in [3.8, 4) is 11.3 Å². The van der Waals surface area contributed by atoms with E-state index in [0.29, 0.717) is 22.8 Å². The number of hydrogen-bond acceptors (Lipinski definition) is 5. The van der Waals surface area contributed by atoms with Crippen molar-refractivity contribution in [2.24, 2.45) is 7.05 Å². The van der Waals surface area contributed by atoms with Crippen molar-refractivity contribution in [1.29, 1.82) is 0 Å². The molecule has 0 atom stereocenters. The summed E-state index contributed by atoms with van der Waals surface area (Å²) >= 11 is 3.28. The summed E-state index contributed by atoms with van der Waals surface area (Å²) in [7, 11) is 1.73. The summed E-state index contributed by atoms with van der Waals surface area (Å²) in [6, 6.07) is 4.73. The molecule has 4 rings (SSSR count). The molecule has 30 heavy (non-hydrogen) atoms. The van der Waals surface area contributed by atoms with Crippen molar-refractivity contribution >= 4 is 38.7 Å². The van der Waals surface area contributed by atoms with Crippen molar-refractivity contribution in [3.63, 3.8) is 0 Å². The predicted molar refractivity (Wildman–Crippen MR) is 110 cm³/mol. The predicted octanol–water partition coefficient (Wildman–Crippen LogP) is 3.87. The van der Waals surface area contributed by atoms with Crippen LogP contribution in [0.4, 0.5) is 14.6 Å². The molecule has 4 aromatic rings. The van der Waals surface area contributed by atoms with Gasteiger partial charge in [-0.3, -0.25) is 9.48 Å². The third-order valence-electron chi connectivity index (χ3n) is 4.43. The van der Waals surface area contributed by atoms with E-state index in [4.69, 9.17) is 0 Å². The van der Waals surface area contributed by atoms with Gasteiger partial charge in [-0.25, -0.2) is 23.4 Å². The molecule has 4 aromatic heterocycles. The van der Waals surface area contributed by atoms with Crippen LogP contribution in [-0.2, 0) is 18.4 Å². The average molecular weight is 476 g/mol. The van der Waals surface area contributed by atoms with Gasteiger partial charge in [-0.05, 0) is 41.1 Å². The first kappa shape index (κ1) is 20.1. The molecule has 0 aromatic carbocycles. The Bertz CT molecular complexity index is 1230. The van der Waals surface area contributed by atoms with E-state index >= 15 is 0 Å². The zero-order valence-electron chi connectivity index (χ0n) is 16.0. The fourth-order valence-corrected chi connectivity index (χ4v) is 3.37. The zero-order valence-corrected chi connectivity index (χ0v) is 17.6. The molecule has 0 aliphatic rings. The Labute approximate surface area is 178 Å². The van der Waals surface area contributed by atoms with Crippen LogP contribution < -0.4 is 5.32 Å². The molecule has 0 aliphatic carbocycles. The second kappa shape index (κ2) is 7.90.